The highest BCUT2D eigenvalue weighted by atomic mass is 14.9. The van der Waals surface area contributed by atoms with Gasteiger partial charge >= 0.3 is 0 Å². The maximum atomic E-state index is 4.50. The standard InChI is InChI=1S/C18H19N3/c1-14(17-8-3-10-19-13-17)20-12-9-16-6-2-5-15-7-4-11-21-18(15)16/h2-8,10-11,13-14,20H,9,12H2,1H3. The summed E-state index contributed by atoms with van der Waals surface area (Å²) in [6.07, 6.45) is 6.55. The lowest BCUT2D eigenvalue weighted by Gasteiger charge is -2.14. The first-order valence-electron chi connectivity index (χ1n) is 7.30. The number of aromatic nitrogens is 2. The predicted octanol–water partition coefficient (Wildman–Crippen LogP) is 3.52. The highest BCUT2D eigenvalue weighted by molar-refractivity contribution is 5.81. The van der Waals surface area contributed by atoms with Gasteiger partial charge in [-0.1, -0.05) is 30.3 Å². The summed E-state index contributed by atoms with van der Waals surface area (Å²) in [6.45, 7) is 3.09. The lowest BCUT2D eigenvalue weighted by Crippen LogP contribution is -2.21. The molecule has 3 aromatic rings. The molecule has 1 aromatic carbocycles. The molecule has 106 valence electrons. The summed E-state index contributed by atoms with van der Waals surface area (Å²) in [6, 6.07) is 14.8. The average molecular weight is 277 g/mol. The molecule has 0 bridgehead atoms. The number of nitrogens with zero attached hydrogens (tertiary/aromatic N) is 2. The van der Waals surface area contributed by atoms with Gasteiger partial charge in [-0.15, -0.1) is 0 Å². The Morgan fingerprint density at radius 2 is 1.90 bits per heavy atom. The smallest absolute Gasteiger partial charge is 0.0734 e. The van der Waals surface area contributed by atoms with Crippen molar-refractivity contribution in [1.29, 1.82) is 0 Å². The Morgan fingerprint density at radius 3 is 2.76 bits per heavy atom. The number of benzene rings is 1. The third-order valence-electron chi connectivity index (χ3n) is 3.75. The van der Waals surface area contributed by atoms with Crippen LogP contribution in [0.5, 0.6) is 0 Å². The number of hydrogen-bond acceptors (Lipinski definition) is 3. The van der Waals surface area contributed by atoms with E-state index in [9.17, 15) is 0 Å². The van der Waals surface area contributed by atoms with Crippen LogP contribution in [0.4, 0.5) is 0 Å². The molecule has 0 aliphatic heterocycles. The molecule has 1 atom stereocenters. The fraction of sp³-hybridized carbons (Fsp3) is 0.222. The van der Waals surface area contributed by atoms with Crippen molar-refractivity contribution in [3.8, 4) is 0 Å². The predicted molar refractivity (Wildman–Crippen MR) is 86.1 cm³/mol. The van der Waals surface area contributed by atoms with E-state index in [2.05, 4.69) is 52.5 Å². The van der Waals surface area contributed by atoms with Crippen molar-refractivity contribution in [2.45, 2.75) is 19.4 Å². The minimum absolute atomic E-state index is 0.307. The van der Waals surface area contributed by atoms with E-state index in [1.807, 2.05) is 24.5 Å². The molecule has 0 saturated carbocycles. The van der Waals surface area contributed by atoms with Gasteiger partial charge in [-0.05, 0) is 43.1 Å². The molecule has 2 heterocycles. The Balaban J connectivity index is 1.65. The molecule has 1 unspecified atom stereocenters. The number of nitrogens with one attached hydrogen (secondary N) is 1. The summed E-state index contributed by atoms with van der Waals surface area (Å²) in [7, 11) is 0. The van der Waals surface area contributed by atoms with Crippen LogP contribution < -0.4 is 5.32 Å². The summed E-state index contributed by atoms with van der Waals surface area (Å²) < 4.78 is 0. The maximum absolute atomic E-state index is 4.50. The number of para-hydroxylation sites is 1. The maximum Gasteiger partial charge on any atom is 0.0734 e. The molecule has 3 nitrogen and oxygen atoms in total. The van der Waals surface area contributed by atoms with Crippen molar-refractivity contribution < 1.29 is 0 Å². The monoisotopic (exact) mass is 277 g/mol. The van der Waals surface area contributed by atoms with Crippen LogP contribution in [-0.2, 0) is 6.42 Å². The van der Waals surface area contributed by atoms with Crippen LogP contribution in [0.2, 0.25) is 0 Å². The van der Waals surface area contributed by atoms with E-state index in [0.29, 0.717) is 6.04 Å². The first kappa shape index (κ1) is 13.7. The lowest BCUT2D eigenvalue weighted by atomic mass is 10.1. The summed E-state index contributed by atoms with van der Waals surface area (Å²) in [4.78, 5) is 8.66. The second kappa shape index (κ2) is 6.46. The molecule has 0 amide bonds. The molecular formula is C18H19N3. The summed E-state index contributed by atoms with van der Waals surface area (Å²) in [5.41, 5.74) is 3.61. The molecule has 1 N–H and O–H groups in total. The van der Waals surface area contributed by atoms with Crippen LogP contribution in [0.15, 0.2) is 61.1 Å². The molecule has 21 heavy (non-hydrogen) atoms. The zero-order valence-electron chi connectivity index (χ0n) is 12.2. The van der Waals surface area contributed by atoms with Crippen LogP contribution in [-0.4, -0.2) is 16.5 Å². The van der Waals surface area contributed by atoms with E-state index in [1.165, 1.54) is 16.5 Å². The molecule has 0 aliphatic rings. The van der Waals surface area contributed by atoms with Gasteiger partial charge in [0, 0.05) is 30.0 Å². The van der Waals surface area contributed by atoms with Crippen LogP contribution in [0, 0.1) is 0 Å². The van der Waals surface area contributed by atoms with Gasteiger partial charge in [-0.25, -0.2) is 0 Å². The van der Waals surface area contributed by atoms with E-state index in [4.69, 9.17) is 0 Å². The van der Waals surface area contributed by atoms with Crippen molar-refractivity contribution in [2.24, 2.45) is 0 Å². The Morgan fingerprint density at radius 1 is 1.05 bits per heavy atom. The van der Waals surface area contributed by atoms with E-state index >= 15 is 0 Å². The highest BCUT2D eigenvalue weighted by Gasteiger charge is 2.05. The highest BCUT2D eigenvalue weighted by Crippen LogP contribution is 2.16. The van der Waals surface area contributed by atoms with Crippen LogP contribution in [0.3, 0.4) is 0 Å². The number of rotatable bonds is 5. The normalized spacial score (nSPS) is 12.4. The molecule has 0 spiro atoms. The van der Waals surface area contributed by atoms with E-state index in [1.54, 1.807) is 6.20 Å². The molecule has 0 radical (unpaired) electrons. The zero-order valence-corrected chi connectivity index (χ0v) is 12.2. The van der Waals surface area contributed by atoms with Crippen molar-refractivity contribution in [3.05, 3.63) is 72.2 Å². The molecule has 0 fully saturated rings. The van der Waals surface area contributed by atoms with Gasteiger partial charge in [-0.2, -0.15) is 0 Å². The van der Waals surface area contributed by atoms with Crippen LogP contribution in [0.25, 0.3) is 10.9 Å². The van der Waals surface area contributed by atoms with E-state index in [-0.39, 0.29) is 0 Å². The van der Waals surface area contributed by atoms with Crippen molar-refractivity contribution in [2.75, 3.05) is 6.54 Å². The molecule has 2 aromatic heterocycles. The first-order chi connectivity index (χ1) is 10.3. The van der Waals surface area contributed by atoms with Gasteiger partial charge in [0.15, 0.2) is 0 Å². The fourth-order valence-corrected chi connectivity index (χ4v) is 2.54. The van der Waals surface area contributed by atoms with Gasteiger partial charge in [-0.3, -0.25) is 9.97 Å². The minimum atomic E-state index is 0.307. The molecule has 3 heteroatoms. The largest absolute Gasteiger partial charge is 0.310 e. The summed E-state index contributed by atoms with van der Waals surface area (Å²) >= 11 is 0. The van der Waals surface area contributed by atoms with E-state index < -0.39 is 0 Å². The van der Waals surface area contributed by atoms with Gasteiger partial charge in [0.2, 0.25) is 0 Å². The fourth-order valence-electron chi connectivity index (χ4n) is 2.54. The zero-order chi connectivity index (χ0) is 14.5. The Bertz CT molecular complexity index is 704. The van der Waals surface area contributed by atoms with Gasteiger partial charge in [0.1, 0.15) is 0 Å². The van der Waals surface area contributed by atoms with Crippen molar-refractivity contribution >= 4 is 10.9 Å². The van der Waals surface area contributed by atoms with Gasteiger partial charge in [0.25, 0.3) is 0 Å². The van der Waals surface area contributed by atoms with Crippen molar-refractivity contribution in [3.63, 3.8) is 0 Å². The molecule has 3 rings (SSSR count). The summed E-state index contributed by atoms with van der Waals surface area (Å²) in [5, 5.41) is 4.75. The lowest BCUT2D eigenvalue weighted by molar-refractivity contribution is 0.576. The third kappa shape index (κ3) is 3.26. The molecule has 0 saturated heterocycles. The third-order valence-corrected chi connectivity index (χ3v) is 3.75. The Hall–Kier alpha value is -2.26. The number of fused-ring (bicyclic) bond motifs is 1. The average Bonchev–Trinajstić information content (AvgIpc) is 2.56. The number of pyridine rings is 2. The molecular weight excluding hydrogens is 258 g/mol. The van der Waals surface area contributed by atoms with Crippen molar-refractivity contribution in [1.82, 2.24) is 15.3 Å². The van der Waals surface area contributed by atoms with E-state index in [0.717, 1.165) is 18.5 Å². The second-order valence-corrected chi connectivity index (χ2v) is 5.20. The minimum Gasteiger partial charge on any atom is -0.310 e. The number of hydrogen-bond donors (Lipinski definition) is 1. The van der Waals surface area contributed by atoms with Crippen LogP contribution in [0.1, 0.15) is 24.1 Å². The summed E-state index contributed by atoms with van der Waals surface area (Å²) in [5.74, 6) is 0. The first-order valence-corrected chi connectivity index (χ1v) is 7.30. The quantitative estimate of drug-likeness (QED) is 0.775. The topological polar surface area (TPSA) is 37.8 Å². The van der Waals surface area contributed by atoms with Gasteiger partial charge < -0.3 is 5.32 Å². The second-order valence-electron chi connectivity index (χ2n) is 5.20. The van der Waals surface area contributed by atoms with Crippen LogP contribution >= 0.6 is 0 Å². The Labute approximate surface area is 125 Å². The SMILES string of the molecule is CC(NCCc1cccc2cccnc12)c1cccnc1. The Kier molecular flexibility index (Phi) is 4.22. The van der Waals surface area contributed by atoms with Gasteiger partial charge in [0.05, 0.1) is 5.52 Å². The molecule has 0 aliphatic carbocycles.